The van der Waals surface area contributed by atoms with Crippen LogP contribution in [-0.2, 0) is 48.6 Å². The molecule has 2 heterocycles. The number of carboxylic acids is 1. The van der Waals surface area contributed by atoms with Crippen LogP contribution in [0.2, 0.25) is 0 Å². The number of hydrogen-bond acceptors (Lipinski definition) is 14. The Morgan fingerprint density at radius 1 is 0.970 bits per heavy atom. The van der Waals surface area contributed by atoms with E-state index in [4.69, 9.17) is 33.2 Å². The van der Waals surface area contributed by atoms with Gasteiger partial charge in [0.15, 0.2) is 24.8 Å². The summed E-state index contributed by atoms with van der Waals surface area (Å²) in [7, 11) is -9.27. The molecule has 2 aliphatic rings. The molecule has 20 heteroatoms. The summed E-state index contributed by atoms with van der Waals surface area (Å²) in [6, 6.07) is -1.78. The molecule has 0 amide bonds. The average molecular weight is 529 g/mol. The SMILES string of the molecule is CO[C@H]1O[C@H](CO)[C@@H](O[C@@H]2O[C@@H](C(=O)O)[C@@H](O)[C@H](O)[C@H]2OS(=O)(=O)O)[C@H](O)[C@H]1NS(=O)(=O)O. The average Bonchev–Trinajstić information content (AvgIpc) is 2.68. The zero-order chi connectivity index (χ0) is 25.3. The predicted octanol–water partition coefficient (Wildman–Crippen LogP) is -5.42. The summed E-state index contributed by atoms with van der Waals surface area (Å²) < 4.78 is 88.9. The van der Waals surface area contributed by atoms with E-state index in [1.54, 1.807) is 4.72 Å². The lowest BCUT2D eigenvalue weighted by Gasteiger charge is -2.46. The molecular formula is C13H23NO17S2. The van der Waals surface area contributed by atoms with Crippen LogP contribution >= 0.6 is 0 Å². The van der Waals surface area contributed by atoms with Crippen molar-refractivity contribution in [2.45, 2.75) is 61.3 Å². The van der Waals surface area contributed by atoms with Crippen LogP contribution in [0.15, 0.2) is 0 Å². The number of aliphatic carboxylic acids is 1. The monoisotopic (exact) mass is 529 g/mol. The Kier molecular flexibility index (Phi) is 9.08. The maximum atomic E-state index is 11.3. The van der Waals surface area contributed by atoms with Crippen LogP contribution in [-0.4, -0.2) is 133 Å². The molecule has 0 aromatic heterocycles. The number of carbonyl (C=O) groups is 1. The Bertz CT molecular complexity index is 895. The fourth-order valence-electron chi connectivity index (χ4n) is 3.28. The molecule has 0 bridgehead atoms. The van der Waals surface area contributed by atoms with E-state index >= 15 is 0 Å². The highest BCUT2D eigenvalue weighted by atomic mass is 32.3. The van der Waals surface area contributed by atoms with Gasteiger partial charge in [-0.05, 0) is 0 Å². The third kappa shape index (κ3) is 6.95. The first-order valence-electron chi connectivity index (χ1n) is 8.87. The minimum absolute atomic E-state index is 0.926. The number of aliphatic hydroxyl groups is 4. The van der Waals surface area contributed by atoms with Gasteiger partial charge in [0, 0.05) is 7.11 Å². The van der Waals surface area contributed by atoms with E-state index in [1.807, 2.05) is 0 Å². The number of rotatable bonds is 9. The van der Waals surface area contributed by atoms with Gasteiger partial charge >= 0.3 is 26.7 Å². The second-order valence-electron chi connectivity index (χ2n) is 6.90. The molecule has 18 nitrogen and oxygen atoms in total. The van der Waals surface area contributed by atoms with Crippen molar-refractivity contribution < 1.29 is 79.4 Å². The minimum Gasteiger partial charge on any atom is -0.479 e. The molecule has 194 valence electrons. The van der Waals surface area contributed by atoms with Crippen LogP contribution in [0.4, 0.5) is 0 Å². The second-order valence-corrected chi connectivity index (χ2v) is 9.14. The Labute approximate surface area is 186 Å². The van der Waals surface area contributed by atoms with Crippen molar-refractivity contribution in [1.29, 1.82) is 0 Å². The summed E-state index contributed by atoms with van der Waals surface area (Å²) in [5.74, 6) is -1.83. The normalized spacial score (nSPS) is 40.5. The van der Waals surface area contributed by atoms with Gasteiger partial charge in [-0.15, -0.1) is 0 Å². The third-order valence-electron chi connectivity index (χ3n) is 4.68. The number of hydrogen-bond donors (Lipinski definition) is 8. The first-order chi connectivity index (χ1) is 15.1. The zero-order valence-electron chi connectivity index (χ0n) is 16.5. The number of nitrogens with one attached hydrogen (secondary N) is 1. The van der Waals surface area contributed by atoms with E-state index in [0.29, 0.717) is 0 Å². The van der Waals surface area contributed by atoms with Gasteiger partial charge < -0.3 is 44.5 Å². The molecule has 2 fully saturated rings. The molecule has 2 rings (SSSR count). The smallest absolute Gasteiger partial charge is 0.397 e. The second kappa shape index (κ2) is 10.7. The molecule has 0 aliphatic carbocycles. The first-order valence-corrected chi connectivity index (χ1v) is 11.7. The van der Waals surface area contributed by atoms with Crippen molar-refractivity contribution in [3.05, 3.63) is 0 Å². The van der Waals surface area contributed by atoms with Gasteiger partial charge in [0.2, 0.25) is 0 Å². The maximum Gasteiger partial charge on any atom is 0.397 e. The Morgan fingerprint density at radius 3 is 2.03 bits per heavy atom. The lowest BCUT2D eigenvalue weighted by molar-refractivity contribution is -0.338. The molecule has 0 spiro atoms. The van der Waals surface area contributed by atoms with E-state index in [0.717, 1.165) is 7.11 Å². The van der Waals surface area contributed by atoms with E-state index in [2.05, 4.69) is 4.18 Å². The van der Waals surface area contributed by atoms with Gasteiger partial charge in [-0.25, -0.2) is 8.98 Å². The minimum atomic E-state index is -5.34. The van der Waals surface area contributed by atoms with Crippen LogP contribution in [0, 0.1) is 0 Å². The van der Waals surface area contributed by atoms with Crippen LogP contribution < -0.4 is 4.72 Å². The third-order valence-corrected chi connectivity index (χ3v) is 5.72. The van der Waals surface area contributed by atoms with Crippen LogP contribution in [0.25, 0.3) is 0 Å². The van der Waals surface area contributed by atoms with Crippen LogP contribution in [0.5, 0.6) is 0 Å². The predicted molar refractivity (Wildman–Crippen MR) is 96.8 cm³/mol. The summed E-state index contributed by atoms with van der Waals surface area (Å²) in [5, 5.41) is 49.4. The molecule has 0 aromatic carbocycles. The molecule has 2 aliphatic heterocycles. The number of aliphatic hydroxyl groups excluding tert-OH is 4. The quantitative estimate of drug-likeness (QED) is 0.129. The zero-order valence-corrected chi connectivity index (χ0v) is 18.1. The van der Waals surface area contributed by atoms with Crippen LogP contribution in [0.3, 0.4) is 0 Å². The molecule has 8 N–H and O–H groups in total. The van der Waals surface area contributed by atoms with Gasteiger partial charge in [0.25, 0.3) is 0 Å². The van der Waals surface area contributed by atoms with Gasteiger partial charge in [0.1, 0.15) is 36.6 Å². The van der Waals surface area contributed by atoms with E-state index in [-0.39, 0.29) is 0 Å². The molecule has 0 aromatic rings. The first kappa shape index (κ1) is 28.1. The molecule has 0 unspecified atom stereocenters. The topological polar surface area (TPSA) is 285 Å². The highest BCUT2D eigenvalue weighted by Gasteiger charge is 2.54. The maximum absolute atomic E-state index is 11.3. The summed E-state index contributed by atoms with van der Waals surface area (Å²) in [6.07, 6.45) is -18.4. The highest BCUT2D eigenvalue weighted by Crippen LogP contribution is 2.31. The fourth-order valence-corrected chi connectivity index (χ4v) is 4.36. The van der Waals surface area contributed by atoms with Crippen molar-refractivity contribution >= 4 is 26.7 Å². The highest BCUT2D eigenvalue weighted by molar-refractivity contribution is 7.83. The van der Waals surface area contributed by atoms with Crippen molar-refractivity contribution in [1.82, 2.24) is 4.72 Å². The lowest BCUT2D eigenvalue weighted by atomic mass is 9.96. The summed E-state index contributed by atoms with van der Waals surface area (Å²) in [5.41, 5.74) is 0. The summed E-state index contributed by atoms with van der Waals surface area (Å²) >= 11 is 0. The van der Waals surface area contributed by atoms with Crippen LogP contribution in [0.1, 0.15) is 0 Å². The Morgan fingerprint density at radius 2 is 1.58 bits per heavy atom. The van der Waals surface area contributed by atoms with Gasteiger partial charge in [0.05, 0.1) is 6.61 Å². The number of methoxy groups -OCH3 is 1. The van der Waals surface area contributed by atoms with Gasteiger partial charge in [-0.3, -0.25) is 9.11 Å². The standard InChI is InChI=1S/C13H23NO17S2/c1-27-12-4(14-32(21,22)23)5(16)8(3(2-15)28-12)29-13-10(31-33(24,25)26)7(18)6(17)9(30-13)11(19)20/h3-10,12-18H,2H2,1H3,(H,19,20)(H,21,22,23)(H,24,25,26)/t3-,4-,5-,6+,7+,8-,9-,10-,12+,13-/m1/s1. The van der Waals surface area contributed by atoms with E-state index < -0.39 is 94.6 Å². The lowest BCUT2D eigenvalue weighted by Crippen LogP contribution is -2.68. The van der Waals surface area contributed by atoms with Crippen molar-refractivity contribution in [2.24, 2.45) is 0 Å². The number of ether oxygens (including phenoxy) is 4. The number of carboxylic acid groups (broad SMARTS) is 1. The molecule has 2 saturated heterocycles. The van der Waals surface area contributed by atoms with Gasteiger partial charge in [-0.2, -0.15) is 21.6 Å². The van der Waals surface area contributed by atoms with Gasteiger partial charge in [-0.1, -0.05) is 0 Å². The molecule has 10 atom stereocenters. The summed E-state index contributed by atoms with van der Waals surface area (Å²) in [4.78, 5) is 11.3. The molecule has 0 radical (unpaired) electrons. The molecular weight excluding hydrogens is 506 g/mol. The van der Waals surface area contributed by atoms with Crippen molar-refractivity contribution in [3.8, 4) is 0 Å². The van der Waals surface area contributed by atoms with Crippen molar-refractivity contribution in [2.75, 3.05) is 13.7 Å². The molecule has 33 heavy (non-hydrogen) atoms. The van der Waals surface area contributed by atoms with Crippen molar-refractivity contribution in [3.63, 3.8) is 0 Å². The van der Waals surface area contributed by atoms with E-state index in [1.165, 1.54) is 0 Å². The Balaban J connectivity index is 2.40. The van der Waals surface area contributed by atoms with E-state index in [9.17, 15) is 42.1 Å². The molecule has 0 saturated carbocycles. The summed E-state index contributed by atoms with van der Waals surface area (Å²) in [6.45, 7) is -0.926. The fraction of sp³-hybridized carbons (Fsp3) is 0.923. The largest absolute Gasteiger partial charge is 0.479 e. The Hall–Kier alpha value is -1.11.